The van der Waals surface area contributed by atoms with Gasteiger partial charge in [0.2, 0.25) is 0 Å². The summed E-state index contributed by atoms with van der Waals surface area (Å²) < 4.78 is 0. The maximum absolute atomic E-state index is 3.60. The SMILES string of the molecule is CCC1CCC(C)N1C(C(C)C)C(NC)c1ccccc1. The van der Waals surface area contributed by atoms with E-state index in [0.717, 1.165) is 6.04 Å². The third kappa shape index (κ3) is 3.49. The van der Waals surface area contributed by atoms with Gasteiger partial charge in [-0.15, -0.1) is 0 Å². The number of benzene rings is 1. The van der Waals surface area contributed by atoms with Crippen molar-refractivity contribution in [2.24, 2.45) is 5.92 Å². The van der Waals surface area contributed by atoms with E-state index in [0.29, 0.717) is 24.0 Å². The summed E-state index contributed by atoms with van der Waals surface area (Å²) in [6.07, 6.45) is 3.96. The first-order valence-corrected chi connectivity index (χ1v) is 8.59. The fourth-order valence-electron chi connectivity index (χ4n) is 4.14. The Morgan fingerprint density at radius 3 is 2.38 bits per heavy atom. The summed E-state index contributed by atoms with van der Waals surface area (Å²) in [4.78, 5) is 2.80. The summed E-state index contributed by atoms with van der Waals surface area (Å²) in [6.45, 7) is 9.48. The van der Waals surface area contributed by atoms with Crippen molar-refractivity contribution in [3.8, 4) is 0 Å². The van der Waals surface area contributed by atoms with Crippen LogP contribution in [0.1, 0.15) is 58.6 Å². The van der Waals surface area contributed by atoms with Crippen molar-refractivity contribution in [3.63, 3.8) is 0 Å². The van der Waals surface area contributed by atoms with Gasteiger partial charge in [0.15, 0.2) is 0 Å². The van der Waals surface area contributed by atoms with Gasteiger partial charge in [-0.1, -0.05) is 51.1 Å². The van der Waals surface area contributed by atoms with Crippen molar-refractivity contribution in [2.45, 2.75) is 71.1 Å². The van der Waals surface area contributed by atoms with Crippen molar-refractivity contribution >= 4 is 0 Å². The molecular weight excluding hydrogens is 256 g/mol. The lowest BCUT2D eigenvalue weighted by molar-refractivity contribution is 0.0728. The van der Waals surface area contributed by atoms with E-state index in [1.165, 1.54) is 24.8 Å². The van der Waals surface area contributed by atoms with Gasteiger partial charge in [0.1, 0.15) is 0 Å². The van der Waals surface area contributed by atoms with E-state index in [9.17, 15) is 0 Å². The Morgan fingerprint density at radius 2 is 1.86 bits per heavy atom. The largest absolute Gasteiger partial charge is 0.312 e. The van der Waals surface area contributed by atoms with Crippen LogP contribution in [0.3, 0.4) is 0 Å². The molecule has 0 aliphatic carbocycles. The molecule has 1 saturated heterocycles. The minimum absolute atomic E-state index is 0.404. The highest BCUT2D eigenvalue weighted by molar-refractivity contribution is 5.21. The predicted octanol–water partition coefficient (Wildman–Crippen LogP) is 4.23. The van der Waals surface area contributed by atoms with E-state index in [1.54, 1.807) is 0 Å². The topological polar surface area (TPSA) is 15.3 Å². The Kier molecular flexibility index (Phi) is 5.83. The molecule has 0 spiro atoms. The van der Waals surface area contributed by atoms with Crippen LogP contribution in [0, 0.1) is 5.92 Å². The van der Waals surface area contributed by atoms with Crippen LogP contribution in [0.2, 0.25) is 0 Å². The molecule has 0 radical (unpaired) electrons. The molecule has 1 N–H and O–H groups in total. The molecule has 4 atom stereocenters. The standard InChI is InChI=1S/C19H32N2/c1-6-17-13-12-15(4)21(17)19(14(2)3)18(20-5)16-10-8-7-9-11-16/h7-11,14-15,17-20H,6,12-13H2,1-5H3. The van der Waals surface area contributed by atoms with Crippen molar-refractivity contribution in [1.29, 1.82) is 0 Å². The third-order valence-electron chi connectivity index (χ3n) is 5.16. The summed E-state index contributed by atoms with van der Waals surface area (Å²) in [5.41, 5.74) is 1.41. The molecule has 118 valence electrons. The van der Waals surface area contributed by atoms with Crippen molar-refractivity contribution in [1.82, 2.24) is 10.2 Å². The second kappa shape index (κ2) is 7.42. The van der Waals surface area contributed by atoms with Crippen LogP contribution in [0.5, 0.6) is 0 Å². The maximum Gasteiger partial charge on any atom is 0.0478 e. The Balaban J connectivity index is 2.33. The summed E-state index contributed by atoms with van der Waals surface area (Å²) in [7, 11) is 2.11. The summed E-state index contributed by atoms with van der Waals surface area (Å²) in [5, 5.41) is 3.60. The zero-order chi connectivity index (χ0) is 15.4. The second-order valence-electron chi connectivity index (χ2n) is 6.85. The molecule has 2 nitrogen and oxygen atoms in total. The zero-order valence-corrected chi connectivity index (χ0v) is 14.3. The zero-order valence-electron chi connectivity index (χ0n) is 14.3. The van der Waals surface area contributed by atoms with E-state index in [2.05, 4.69) is 75.3 Å². The highest BCUT2D eigenvalue weighted by Gasteiger charge is 2.39. The Hall–Kier alpha value is -0.860. The fraction of sp³-hybridized carbons (Fsp3) is 0.684. The lowest BCUT2D eigenvalue weighted by atomic mass is 9.88. The summed E-state index contributed by atoms with van der Waals surface area (Å²) >= 11 is 0. The lowest BCUT2D eigenvalue weighted by Crippen LogP contribution is -2.51. The molecule has 2 rings (SSSR count). The van der Waals surface area contributed by atoms with Crippen molar-refractivity contribution < 1.29 is 0 Å². The van der Waals surface area contributed by atoms with Gasteiger partial charge in [0.25, 0.3) is 0 Å². The van der Waals surface area contributed by atoms with E-state index >= 15 is 0 Å². The van der Waals surface area contributed by atoms with Gasteiger partial charge in [-0.25, -0.2) is 0 Å². The normalized spacial score (nSPS) is 26.2. The number of nitrogens with one attached hydrogen (secondary N) is 1. The van der Waals surface area contributed by atoms with Gasteiger partial charge in [0.05, 0.1) is 0 Å². The Labute approximate surface area is 130 Å². The first kappa shape index (κ1) is 16.5. The van der Waals surface area contributed by atoms with Crippen molar-refractivity contribution in [2.75, 3.05) is 7.05 Å². The van der Waals surface area contributed by atoms with Gasteiger partial charge in [-0.2, -0.15) is 0 Å². The molecule has 0 amide bonds. The van der Waals surface area contributed by atoms with Crippen LogP contribution in [0.15, 0.2) is 30.3 Å². The number of likely N-dealkylation sites (N-methyl/N-ethyl adjacent to an activating group) is 1. The fourth-order valence-corrected chi connectivity index (χ4v) is 4.14. The molecule has 1 aliphatic heterocycles. The van der Waals surface area contributed by atoms with Crippen LogP contribution >= 0.6 is 0 Å². The minimum atomic E-state index is 0.404. The minimum Gasteiger partial charge on any atom is -0.312 e. The Morgan fingerprint density at radius 1 is 1.19 bits per heavy atom. The molecule has 1 fully saturated rings. The molecule has 21 heavy (non-hydrogen) atoms. The molecule has 0 bridgehead atoms. The van der Waals surface area contributed by atoms with E-state index in [4.69, 9.17) is 0 Å². The number of rotatable bonds is 6. The number of hydrogen-bond donors (Lipinski definition) is 1. The number of hydrogen-bond acceptors (Lipinski definition) is 2. The first-order chi connectivity index (χ1) is 10.1. The van der Waals surface area contributed by atoms with E-state index in [-0.39, 0.29) is 0 Å². The van der Waals surface area contributed by atoms with Gasteiger partial charge in [-0.05, 0) is 44.7 Å². The average Bonchev–Trinajstić information content (AvgIpc) is 2.85. The molecule has 1 heterocycles. The molecule has 4 unspecified atom stereocenters. The van der Waals surface area contributed by atoms with Gasteiger partial charge in [-0.3, -0.25) is 4.90 Å². The van der Waals surface area contributed by atoms with Gasteiger partial charge in [0, 0.05) is 24.2 Å². The Bertz CT molecular complexity index is 415. The second-order valence-corrected chi connectivity index (χ2v) is 6.85. The smallest absolute Gasteiger partial charge is 0.0478 e. The third-order valence-corrected chi connectivity index (χ3v) is 5.16. The van der Waals surface area contributed by atoms with Crippen molar-refractivity contribution in [3.05, 3.63) is 35.9 Å². The molecule has 0 saturated carbocycles. The van der Waals surface area contributed by atoms with Crippen LogP contribution in [0.25, 0.3) is 0 Å². The maximum atomic E-state index is 3.60. The predicted molar refractivity (Wildman–Crippen MR) is 91.5 cm³/mol. The van der Waals surface area contributed by atoms with Gasteiger partial charge >= 0.3 is 0 Å². The highest BCUT2D eigenvalue weighted by Crippen LogP contribution is 2.36. The molecule has 0 aromatic heterocycles. The van der Waals surface area contributed by atoms with Gasteiger partial charge < -0.3 is 5.32 Å². The summed E-state index contributed by atoms with van der Waals surface area (Å²) in [6, 6.07) is 13.3. The quantitative estimate of drug-likeness (QED) is 0.842. The summed E-state index contributed by atoms with van der Waals surface area (Å²) in [5.74, 6) is 0.636. The van der Waals surface area contributed by atoms with Crippen LogP contribution in [0.4, 0.5) is 0 Å². The van der Waals surface area contributed by atoms with E-state index in [1.807, 2.05) is 0 Å². The molecule has 1 aromatic rings. The monoisotopic (exact) mass is 288 g/mol. The molecule has 2 heteroatoms. The van der Waals surface area contributed by atoms with Crippen LogP contribution < -0.4 is 5.32 Å². The first-order valence-electron chi connectivity index (χ1n) is 8.59. The number of likely N-dealkylation sites (tertiary alicyclic amines) is 1. The molecular formula is C19H32N2. The lowest BCUT2D eigenvalue weighted by Gasteiger charge is -2.43. The average molecular weight is 288 g/mol. The number of nitrogens with zero attached hydrogens (tertiary/aromatic N) is 1. The van der Waals surface area contributed by atoms with E-state index < -0.39 is 0 Å². The molecule has 1 aliphatic rings. The van der Waals surface area contributed by atoms with Crippen LogP contribution in [-0.4, -0.2) is 30.1 Å². The van der Waals surface area contributed by atoms with Crippen LogP contribution in [-0.2, 0) is 0 Å². The highest BCUT2D eigenvalue weighted by atomic mass is 15.3. The molecule has 1 aromatic carbocycles.